The summed E-state index contributed by atoms with van der Waals surface area (Å²) in [6.45, 7) is 8.37. The van der Waals surface area contributed by atoms with Crippen LogP contribution in [0.15, 0.2) is 0 Å². The fraction of sp³-hybridized carbons (Fsp3) is 0.800. The van der Waals surface area contributed by atoms with Crippen molar-refractivity contribution in [3.05, 3.63) is 11.6 Å². The molecule has 0 spiro atoms. The van der Waals surface area contributed by atoms with Crippen LogP contribution in [0.5, 0.6) is 0 Å². The first-order valence-corrected chi connectivity index (χ1v) is 5.16. The van der Waals surface area contributed by atoms with E-state index in [1.807, 2.05) is 4.57 Å². The van der Waals surface area contributed by atoms with Gasteiger partial charge in [0.15, 0.2) is 5.82 Å². The number of aliphatic hydroxyl groups excluding tert-OH is 1. The molecule has 0 aliphatic carbocycles. The predicted octanol–water partition coefficient (Wildman–Crippen LogP) is 1.86. The minimum absolute atomic E-state index is 0.0401. The largest absolute Gasteiger partial charge is 0.388 e. The first-order chi connectivity index (χ1) is 6.61. The fourth-order valence-electron chi connectivity index (χ4n) is 1.53. The van der Waals surface area contributed by atoms with Gasteiger partial charge in [-0.3, -0.25) is 0 Å². The zero-order valence-corrected chi connectivity index (χ0v) is 9.36. The molecule has 1 atom stereocenters. The molecule has 80 valence electrons. The van der Waals surface area contributed by atoms with Crippen LogP contribution in [0.4, 0.5) is 0 Å². The zero-order valence-electron chi connectivity index (χ0n) is 9.36. The summed E-state index contributed by atoms with van der Waals surface area (Å²) in [6.07, 6.45) is 1.04. The second kappa shape index (κ2) is 4.55. The van der Waals surface area contributed by atoms with E-state index in [2.05, 4.69) is 37.9 Å². The monoisotopic (exact) mass is 197 g/mol. The van der Waals surface area contributed by atoms with E-state index in [4.69, 9.17) is 5.11 Å². The van der Waals surface area contributed by atoms with Crippen LogP contribution in [-0.4, -0.2) is 19.9 Å². The Bertz CT molecular complexity index is 294. The maximum Gasteiger partial charge on any atom is 0.159 e. The van der Waals surface area contributed by atoms with Gasteiger partial charge >= 0.3 is 0 Å². The second-order valence-corrected chi connectivity index (χ2v) is 3.91. The van der Waals surface area contributed by atoms with Gasteiger partial charge in [-0.15, -0.1) is 10.2 Å². The molecule has 4 heteroatoms. The van der Waals surface area contributed by atoms with E-state index in [-0.39, 0.29) is 6.61 Å². The Morgan fingerprint density at radius 3 is 2.36 bits per heavy atom. The van der Waals surface area contributed by atoms with Crippen molar-refractivity contribution in [2.24, 2.45) is 0 Å². The topological polar surface area (TPSA) is 50.9 Å². The molecule has 0 saturated heterocycles. The van der Waals surface area contributed by atoms with Crippen LogP contribution in [0.1, 0.15) is 57.7 Å². The number of hydrogen-bond donors (Lipinski definition) is 1. The number of aliphatic hydroxyl groups is 1. The van der Waals surface area contributed by atoms with E-state index >= 15 is 0 Å². The van der Waals surface area contributed by atoms with Crippen molar-refractivity contribution >= 4 is 0 Å². The van der Waals surface area contributed by atoms with Crippen LogP contribution < -0.4 is 0 Å². The third-order valence-electron chi connectivity index (χ3n) is 2.50. The zero-order chi connectivity index (χ0) is 10.7. The molecule has 0 aromatic carbocycles. The molecule has 0 bridgehead atoms. The fourth-order valence-corrected chi connectivity index (χ4v) is 1.53. The predicted molar refractivity (Wildman–Crippen MR) is 55.0 cm³/mol. The smallest absolute Gasteiger partial charge is 0.159 e. The van der Waals surface area contributed by atoms with Crippen molar-refractivity contribution in [3.8, 4) is 0 Å². The van der Waals surface area contributed by atoms with Gasteiger partial charge in [0.25, 0.3) is 0 Å². The Morgan fingerprint density at radius 1 is 1.29 bits per heavy atom. The average molecular weight is 197 g/mol. The van der Waals surface area contributed by atoms with Crippen LogP contribution >= 0.6 is 0 Å². The van der Waals surface area contributed by atoms with E-state index < -0.39 is 0 Å². The van der Waals surface area contributed by atoms with Gasteiger partial charge in [0.2, 0.25) is 0 Å². The van der Waals surface area contributed by atoms with Crippen LogP contribution in [0.25, 0.3) is 0 Å². The van der Waals surface area contributed by atoms with Crippen molar-refractivity contribution in [1.82, 2.24) is 14.8 Å². The number of hydrogen-bond acceptors (Lipinski definition) is 3. The Labute approximate surface area is 85.0 Å². The highest BCUT2D eigenvalue weighted by Gasteiger charge is 2.17. The first kappa shape index (κ1) is 11.2. The molecular formula is C10H19N3O. The highest BCUT2D eigenvalue weighted by Crippen LogP contribution is 2.21. The summed E-state index contributed by atoms with van der Waals surface area (Å²) < 4.78 is 2.02. The lowest BCUT2D eigenvalue weighted by Crippen LogP contribution is -2.12. The Balaban J connectivity index is 3.10. The van der Waals surface area contributed by atoms with E-state index in [9.17, 15) is 0 Å². The third-order valence-corrected chi connectivity index (χ3v) is 2.50. The van der Waals surface area contributed by atoms with Crippen molar-refractivity contribution in [2.45, 2.75) is 52.7 Å². The molecule has 1 unspecified atom stereocenters. The first-order valence-electron chi connectivity index (χ1n) is 5.16. The molecule has 4 nitrogen and oxygen atoms in total. The highest BCUT2D eigenvalue weighted by atomic mass is 16.3. The van der Waals surface area contributed by atoms with Crippen molar-refractivity contribution in [2.75, 3.05) is 0 Å². The van der Waals surface area contributed by atoms with Crippen molar-refractivity contribution < 1.29 is 5.11 Å². The number of nitrogens with zero attached hydrogens (tertiary/aromatic N) is 3. The Morgan fingerprint density at radius 2 is 1.93 bits per heavy atom. The molecule has 1 rings (SSSR count). The Hall–Kier alpha value is -0.900. The summed E-state index contributed by atoms with van der Waals surface area (Å²) in [7, 11) is 0. The van der Waals surface area contributed by atoms with Gasteiger partial charge in [0, 0.05) is 12.0 Å². The molecule has 0 fully saturated rings. The summed E-state index contributed by atoms with van der Waals surface area (Å²) >= 11 is 0. The third kappa shape index (κ3) is 1.95. The molecule has 0 aliphatic heterocycles. The standard InChI is InChI=1S/C10H19N3O/c1-5-8(4)10-12-11-9(6-14)13(10)7(2)3/h7-8,14H,5-6H2,1-4H3. The lowest BCUT2D eigenvalue weighted by molar-refractivity contribution is 0.261. The molecule has 1 aromatic heterocycles. The van der Waals surface area contributed by atoms with Crippen LogP contribution in [-0.2, 0) is 6.61 Å². The number of aromatic nitrogens is 3. The van der Waals surface area contributed by atoms with Gasteiger partial charge in [-0.25, -0.2) is 0 Å². The summed E-state index contributed by atoms with van der Waals surface area (Å²) in [5.74, 6) is 2.03. The number of rotatable bonds is 4. The van der Waals surface area contributed by atoms with Gasteiger partial charge < -0.3 is 9.67 Å². The van der Waals surface area contributed by atoms with Crippen molar-refractivity contribution in [3.63, 3.8) is 0 Å². The van der Waals surface area contributed by atoms with Crippen LogP contribution in [0.3, 0.4) is 0 Å². The maximum atomic E-state index is 9.11. The molecular weight excluding hydrogens is 178 g/mol. The normalized spacial score (nSPS) is 13.6. The molecule has 0 amide bonds. The molecule has 14 heavy (non-hydrogen) atoms. The van der Waals surface area contributed by atoms with Gasteiger partial charge in [0.1, 0.15) is 12.4 Å². The Kier molecular flexibility index (Phi) is 3.63. The summed E-state index contributed by atoms with van der Waals surface area (Å²) in [4.78, 5) is 0. The molecule has 1 heterocycles. The molecule has 0 radical (unpaired) electrons. The summed E-state index contributed by atoms with van der Waals surface area (Å²) in [6, 6.07) is 0.302. The maximum absolute atomic E-state index is 9.11. The quantitative estimate of drug-likeness (QED) is 0.801. The van der Waals surface area contributed by atoms with Gasteiger partial charge in [-0.1, -0.05) is 13.8 Å². The molecule has 0 aliphatic rings. The van der Waals surface area contributed by atoms with Gasteiger partial charge in [-0.05, 0) is 20.3 Å². The average Bonchev–Trinajstić information content (AvgIpc) is 2.59. The SMILES string of the molecule is CCC(C)c1nnc(CO)n1C(C)C. The summed E-state index contributed by atoms with van der Waals surface area (Å²) in [5.41, 5.74) is 0. The minimum atomic E-state index is -0.0401. The van der Waals surface area contributed by atoms with Gasteiger partial charge in [-0.2, -0.15) is 0 Å². The van der Waals surface area contributed by atoms with Gasteiger partial charge in [0.05, 0.1) is 0 Å². The lowest BCUT2D eigenvalue weighted by atomic mass is 10.1. The molecule has 1 N–H and O–H groups in total. The van der Waals surface area contributed by atoms with Crippen LogP contribution in [0, 0.1) is 0 Å². The van der Waals surface area contributed by atoms with E-state index in [1.54, 1.807) is 0 Å². The highest BCUT2D eigenvalue weighted by molar-refractivity contribution is 5.01. The van der Waals surface area contributed by atoms with E-state index in [0.29, 0.717) is 17.8 Å². The van der Waals surface area contributed by atoms with E-state index in [0.717, 1.165) is 12.2 Å². The van der Waals surface area contributed by atoms with Crippen LogP contribution in [0.2, 0.25) is 0 Å². The van der Waals surface area contributed by atoms with E-state index in [1.165, 1.54) is 0 Å². The summed E-state index contributed by atoms with van der Waals surface area (Å²) in [5, 5.41) is 17.2. The van der Waals surface area contributed by atoms with Crippen molar-refractivity contribution in [1.29, 1.82) is 0 Å². The second-order valence-electron chi connectivity index (χ2n) is 3.91. The molecule has 0 saturated carbocycles. The minimum Gasteiger partial charge on any atom is -0.388 e. The lowest BCUT2D eigenvalue weighted by Gasteiger charge is -2.16. The molecule has 1 aromatic rings.